The van der Waals surface area contributed by atoms with Gasteiger partial charge in [-0.1, -0.05) is 36.0 Å². The van der Waals surface area contributed by atoms with Crippen LogP contribution in [0.2, 0.25) is 0 Å². The van der Waals surface area contributed by atoms with Crippen LogP contribution in [-0.4, -0.2) is 29.7 Å². The van der Waals surface area contributed by atoms with Crippen LogP contribution in [0.15, 0.2) is 64.9 Å². The summed E-state index contributed by atoms with van der Waals surface area (Å²) in [4.78, 5) is 12.9. The van der Waals surface area contributed by atoms with Gasteiger partial charge in [-0.2, -0.15) is 15.0 Å². The van der Waals surface area contributed by atoms with Gasteiger partial charge in [0, 0.05) is 12.2 Å². The molecule has 0 aliphatic rings. The molecule has 9 nitrogen and oxygen atoms in total. The van der Waals surface area contributed by atoms with E-state index in [1.54, 1.807) is 12.3 Å². The molecule has 0 aliphatic heterocycles. The topological polar surface area (TPSA) is 121 Å². The maximum absolute atomic E-state index is 5.90. The van der Waals surface area contributed by atoms with Crippen LogP contribution < -0.4 is 11.1 Å². The highest BCUT2D eigenvalue weighted by atomic mass is 32.2. The Morgan fingerprint density at radius 1 is 1.17 bits per heavy atom. The lowest BCUT2D eigenvalue weighted by Crippen LogP contribution is -2.07. The van der Waals surface area contributed by atoms with Crippen LogP contribution in [0.4, 0.5) is 17.6 Å². The van der Waals surface area contributed by atoms with Gasteiger partial charge in [-0.15, -0.1) is 16.8 Å². The smallest absolute Gasteiger partial charge is 0.232 e. The molecule has 0 unspecified atom stereocenters. The summed E-state index contributed by atoms with van der Waals surface area (Å²) in [6.45, 7) is 6.37. The highest BCUT2D eigenvalue weighted by molar-refractivity contribution is 7.98. The molecule has 0 amide bonds. The number of benzene rings is 1. The Morgan fingerprint density at radius 3 is 2.80 bits per heavy atom. The summed E-state index contributed by atoms with van der Waals surface area (Å²) in [6, 6.07) is 11.5. The number of aryl methyl sites for hydroxylation is 1. The minimum absolute atomic E-state index is 0.153. The zero-order chi connectivity index (χ0) is 20.9. The Bertz CT molecular complexity index is 1160. The summed E-state index contributed by atoms with van der Waals surface area (Å²) < 4.78 is 7.38. The molecule has 4 aromatic rings. The number of aromatic nitrogens is 6. The van der Waals surface area contributed by atoms with Crippen molar-refractivity contribution in [1.29, 1.82) is 0 Å². The second kappa shape index (κ2) is 8.78. The first kappa shape index (κ1) is 19.6. The summed E-state index contributed by atoms with van der Waals surface area (Å²) in [7, 11) is 0. The van der Waals surface area contributed by atoms with Crippen LogP contribution in [0.5, 0.6) is 0 Å². The van der Waals surface area contributed by atoms with Crippen molar-refractivity contribution in [2.45, 2.75) is 24.4 Å². The predicted octanol–water partition coefficient (Wildman–Crippen LogP) is 3.84. The lowest BCUT2D eigenvalue weighted by atomic mass is 10.2. The van der Waals surface area contributed by atoms with Crippen LogP contribution in [0.1, 0.15) is 11.4 Å². The first-order valence-electron chi connectivity index (χ1n) is 9.18. The SMILES string of the molecule is C=CCn1c(SCc2nc(N)nc(Nc3ccccc3C)n2)nnc1-c1ccco1. The van der Waals surface area contributed by atoms with Gasteiger partial charge in [0.25, 0.3) is 0 Å². The fourth-order valence-corrected chi connectivity index (χ4v) is 3.60. The highest BCUT2D eigenvalue weighted by Crippen LogP contribution is 2.26. The molecular weight excluding hydrogens is 400 g/mol. The Kier molecular flexibility index (Phi) is 5.75. The Balaban J connectivity index is 1.53. The van der Waals surface area contributed by atoms with E-state index in [1.807, 2.05) is 47.9 Å². The molecule has 152 valence electrons. The van der Waals surface area contributed by atoms with Gasteiger partial charge in [0.05, 0.1) is 12.0 Å². The number of rotatable bonds is 8. The number of hydrogen-bond acceptors (Lipinski definition) is 9. The van der Waals surface area contributed by atoms with Gasteiger partial charge in [-0.05, 0) is 30.7 Å². The summed E-state index contributed by atoms with van der Waals surface area (Å²) in [5.41, 5.74) is 7.89. The first-order valence-corrected chi connectivity index (χ1v) is 10.2. The van der Waals surface area contributed by atoms with E-state index in [1.165, 1.54) is 11.8 Å². The van der Waals surface area contributed by atoms with E-state index < -0.39 is 0 Å². The normalized spacial score (nSPS) is 10.8. The molecule has 4 rings (SSSR count). The van der Waals surface area contributed by atoms with Gasteiger partial charge >= 0.3 is 0 Å². The van der Waals surface area contributed by atoms with E-state index in [0.29, 0.717) is 40.8 Å². The average molecular weight is 421 g/mol. The maximum atomic E-state index is 5.90. The van der Waals surface area contributed by atoms with Gasteiger partial charge in [0.2, 0.25) is 17.7 Å². The molecule has 10 heteroatoms. The highest BCUT2D eigenvalue weighted by Gasteiger charge is 2.16. The zero-order valence-electron chi connectivity index (χ0n) is 16.3. The zero-order valence-corrected chi connectivity index (χ0v) is 17.1. The Labute approximate surface area is 177 Å². The second-order valence-electron chi connectivity index (χ2n) is 6.34. The molecule has 0 aliphatic carbocycles. The van der Waals surface area contributed by atoms with Crippen LogP contribution >= 0.6 is 11.8 Å². The van der Waals surface area contributed by atoms with Crippen molar-refractivity contribution < 1.29 is 4.42 Å². The van der Waals surface area contributed by atoms with E-state index in [4.69, 9.17) is 10.2 Å². The summed E-state index contributed by atoms with van der Waals surface area (Å²) >= 11 is 1.45. The third kappa shape index (κ3) is 4.33. The Morgan fingerprint density at radius 2 is 2.03 bits per heavy atom. The van der Waals surface area contributed by atoms with Crippen molar-refractivity contribution in [3.63, 3.8) is 0 Å². The van der Waals surface area contributed by atoms with E-state index in [2.05, 4.69) is 37.0 Å². The van der Waals surface area contributed by atoms with Gasteiger partial charge in [-0.25, -0.2) is 0 Å². The number of allylic oxidation sites excluding steroid dienone is 1. The molecule has 0 fully saturated rings. The number of para-hydroxylation sites is 1. The largest absolute Gasteiger partial charge is 0.461 e. The molecule has 3 N–H and O–H groups in total. The van der Waals surface area contributed by atoms with Crippen LogP contribution in [-0.2, 0) is 12.3 Å². The molecule has 0 spiro atoms. The van der Waals surface area contributed by atoms with E-state index in [0.717, 1.165) is 11.3 Å². The average Bonchev–Trinajstić information content (AvgIpc) is 3.38. The maximum Gasteiger partial charge on any atom is 0.232 e. The number of furan rings is 1. The predicted molar refractivity (Wildman–Crippen MR) is 116 cm³/mol. The third-order valence-electron chi connectivity index (χ3n) is 4.19. The molecule has 3 heterocycles. The first-order chi connectivity index (χ1) is 14.6. The molecule has 0 saturated heterocycles. The molecule has 0 radical (unpaired) electrons. The molecule has 0 atom stereocenters. The number of nitrogens with one attached hydrogen (secondary N) is 1. The van der Waals surface area contributed by atoms with Crippen molar-refractivity contribution in [1.82, 2.24) is 29.7 Å². The van der Waals surface area contributed by atoms with Crippen LogP contribution in [0, 0.1) is 6.92 Å². The van der Waals surface area contributed by atoms with Crippen molar-refractivity contribution in [2.75, 3.05) is 11.1 Å². The Hall–Kier alpha value is -3.66. The number of anilines is 3. The molecule has 0 saturated carbocycles. The monoisotopic (exact) mass is 420 g/mol. The van der Waals surface area contributed by atoms with E-state index in [-0.39, 0.29) is 5.95 Å². The van der Waals surface area contributed by atoms with E-state index >= 15 is 0 Å². The van der Waals surface area contributed by atoms with Crippen molar-refractivity contribution in [3.8, 4) is 11.6 Å². The van der Waals surface area contributed by atoms with E-state index in [9.17, 15) is 0 Å². The molecule has 0 bridgehead atoms. The van der Waals surface area contributed by atoms with Crippen LogP contribution in [0.25, 0.3) is 11.6 Å². The van der Waals surface area contributed by atoms with Gasteiger partial charge in [0.15, 0.2) is 10.9 Å². The van der Waals surface area contributed by atoms with Crippen molar-refractivity contribution >= 4 is 29.3 Å². The molecular formula is C20H20N8OS. The fraction of sp³-hybridized carbons (Fsp3) is 0.150. The number of nitrogen functional groups attached to an aromatic ring is 1. The van der Waals surface area contributed by atoms with Crippen molar-refractivity contribution in [2.24, 2.45) is 0 Å². The standard InChI is InChI=1S/C20H20N8OS/c1-3-10-28-17(15-9-6-11-29-15)26-27-20(28)30-12-16-23-18(21)25-19(24-16)22-14-8-5-4-7-13(14)2/h3-9,11H,1,10,12H2,2H3,(H3,21,22,23,24,25). The molecule has 30 heavy (non-hydrogen) atoms. The number of nitrogens with two attached hydrogens (primary N) is 1. The fourth-order valence-electron chi connectivity index (χ4n) is 2.80. The minimum Gasteiger partial charge on any atom is -0.461 e. The van der Waals surface area contributed by atoms with Crippen molar-refractivity contribution in [3.05, 3.63) is 66.7 Å². The molecule has 3 aromatic heterocycles. The summed E-state index contributed by atoms with van der Waals surface area (Å²) in [5.74, 6) is 2.82. The van der Waals surface area contributed by atoms with Gasteiger partial charge in [0.1, 0.15) is 5.82 Å². The molecule has 1 aromatic carbocycles. The summed E-state index contributed by atoms with van der Waals surface area (Å²) in [5, 5.41) is 12.4. The third-order valence-corrected chi connectivity index (χ3v) is 5.15. The lowest BCUT2D eigenvalue weighted by molar-refractivity contribution is 0.569. The number of nitrogens with zero attached hydrogens (tertiary/aromatic N) is 6. The van der Waals surface area contributed by atoms with Gasteiger partial charge < -0.3 is 15.5 Å². The quantitative estimate of drug-likeness (QED) is 0.323. The number of thioether (sulfide) groups is 1. The number of hydrogen-bond donors (Lipinski definition) is 2. The van der Waals surface area contributed by atoms with Gasteiger partial charge in [-0.3, -0.25) is 4.57 Å². The lowest BCUT2D eigenvalue weighted by Gasteiger charge is -2.09. The second-order valence-corrected chi connectivity index (χ2v) is 7.29. The summed E-state index contributed by atoms with van der Waals surface area (Å²) in [6.07, 6.45) is 3.39. The van der Waals surface area contributed by atoms with Crippen LogP contribution in [0.3, 0.4) is 0 Å². The minimum atomic E-state index is 0.153.